The minimum Gasteiger partial charge on any atom is -0.468 e. The number of carbonyl (C=O) groups is 1. The lowest BCUT2D eigenvalue weighted by Crippen LogP contribution is -2.46. The first-order valence-corrected chi connectivity index (χ1v) is 7.75. The largest absolute Gasteiger partial charge is 0.468 e. The maximum Gasteiger partial charge on any atom is 0.325 e. The zero-order valence-electron chi connectivity index (χ0n) is 13.1. The van der Waals surface area contributed by atoms with Crippen LogP contribution in [0.4, 0.5) is 5.69 Å². The molecule has 4 heteroatoms. The molecule has 1 atom stereocenters. The van der Waals surface area contributed by atoms with Crippen LogP contribution in [0.3, 0.4) is 0 Å². The van der Waals surface area contributed by atoms with Crippen LogP contribution in [0.15, 0.2) is 24.3 Å². The van der Waals surface area contributed by atoms with E-state index in [-0.39, 0.29) is 5.97 Å². The zero-order chi connectivity index (χ0) is 15.3. The second kappa shape index (κ2) is 6.94. The predicted molar refractivity (Wildman–Crippen MR) is 85.4 cm³/mol. The molecule has 2 rings (SSSR count). The number of ether oxygens (including phenoxy) is 1. The van der Waals surface area contributed by atoms with Gasteiger partial charge in [0.1, 0.15) is 5.54 Å². The monoisotopic (exact) mass is 290 g/mol. The van der Waals surface area contributed by atoms with Gasteiger partial charge in [-0.2, -0.15) is 0 Å². The topological polar surface area (TPSA) is 55.6 Å². The number of esters is 1. The number of anilines is 1. The van der Waals surface area contributed by atoms with Crippen LogP contribution < -0.4 is 10.6 Å². The van der Waals surface area contributed by atoms with Gasteiger partial charge >= 0.3 is 5.97 Å². The summed E-state index contributed by atoms with van der Waals surface area (Å²) in [6.45, 7) is 3.76. The molecule has 2 N–H and O–H groups in total. The lowest BCUT2D eigenvalue weighted by Gasteiger charge is -2.27. The molecule has 0 radical (unpaired) electrons. The van der Waals surface area contributed by atoms with Crippen LogP contribution in [-0.2, 0) is 16.0 Å². The van der Waals surface area contributed by atoms with Gasteiger partial charge < -0.3 is 15.4 Å². The molecule has 0 aliphatic carbocycles. The number of nitrogens with two attached hydrogens (primary N) is 1. The minimum absolute atomic E-state index is 0.334. The second-order valence-electron chi connectivity index (χ2n) is 6.09. The van der Waals surface area contributed by atoms with Crippen LogP contribution in [0.5, 0.6) is 0 Å². The average Bonchev–Trinajstić information content (AvgIpc) is 2.69. The molecule has 0 spiro atoms. The lowest BCUT2D eigenvalue weighted by atomic mass is 9.97. The standard InChI is InChI=1S/C17H26N2O2/c1-17(18,16(20)21-2)11-7-13-19-12-6-5-9-14-8-3-4-10-15(14)19/h3-4,8,10H,5-7,9,11-13,18H2,1-2H3. The van der Waals surface area contributed by atoms with E-state index in [1.807, 2.05) is 0 Å². The molecule has 0 aromatic heterocycles. The summed E-state index contributed by atoms with van der Waals surface area (Å²) in [4.78, 5) is 14.0. The fourth-order valence-corrected chi connectivity index (χ4v) is 2.97. The number of rotatable bonds is 5. The molecule has 1 unspecified atom stereocenters. The summed E-state index contributed by atoms with van der Waals surface area (Å²) < 4.78 is 4.76. The van der Waals surface area contributed by atoms with Crippen molar-refractivity contribution < 1.29 is 9.53 Å². The van der Waals surface area contributed by atoms with Crippen molar-refractivity contribution in [2.45, 2.75) is 44.6 Å². The molecular weight excluding hydrogens is 264 g/mol. The summed E-state index contributed by atoms with van der Waals surface area (Å²) in [5.74, 6) is -0.334. The lowest BCUT2D eigenvalue weighted by molar-refractivity contribution is -0.146. The van der Waals surface area contributed by atoms with E-state index in [2.05, 4.69) is 29.2 Å². The summed E-state index contributed by atoms with van der Waals surface area (Å²) in [5, 5.41) is 0. The van der Waals surface area contributed by atoms with E-state index in [0.29, 0.717) is 6.42 Å². The minimum atomic E-state index is -0.889. The third-order valence-electron chi connectivity index (χ3n) is 4.23. The molecule has 0 saturated carbocycles. The van der Waals surface area contributed by atoms with E-state index in [0.717, 1.165) is 25.9 Å². The number of aryl methyl sites for hydroxylation is 1. The number of nitrogens with zero attached hydrogens (tertiary/aromatic N) is 1. The first-order valence-electron chi connectivity index (χ1n) is 7.75. The molecule has 0 fully saturated rings. The molecule has 4 nitrogen and oxygen atoms in total. The number of carbonyl (C=O) groups excluding carboxylic acids is 1. The van der Waals surface area contributed by atoms with E-state index in [9.17, 15) is 4.79 Å². The average molecular weight is 290 g/mol. The van der Waals surface area contributed by atoms with Crippen molar-refractivity contribution in [2.75, 3.05) is 25.1 Å². The number of benzene rings is 1. The molecular formula is C17H26N2O2. The van der Waals surface area contributed by atoms with Gasteiger partial charge in [0, 0.05) is 18.8 Å². The Morgan fingerprint density at radius 2 is 2.14 bits per heavy atom. The quantitative estimate of drug-likeness (QED) is 0.847. The van der Waals surface area contributed by atoms with Crippen LogP contribution in [-0.4, -0.2) is 31.7 Å². The fourth-order valence-electron chi connectivity index (χ4n) is 2.97. The number of hydrogen-bond acceptors (Lipinski definition) is 4. The van der Waals surface area contributed by atoms with Crippen LogP contribution in [0, 0.1) is 0 Å². The summed E-state index contributed by atoms with van der Waals surface area (Å²) >= 11 is 0. The Hall–Kier alpha value is -1.55. The molecule has 0 amide bonds. The Balaban J connectivity index is 1.96. The highest BCUT2D eigenvalue weighted by Gasteiger charge is 2.29. The number of para-hydroxylation sites is 1. The van der Waals surface area contributed by atoms with Gasteiger partial charge in [-0.25, -0.2) is 0 Å². The first-order chi connectivity index (χ1) is 10.0. The van der Waals surface area contributed by atoms with E-state index in [4.69, 9.17) is 10.5 Å². The molecule has 0 bridgehead atoms. The highest BCUT2D eigenvalue weighted by Crippen LogP contribution is 2.26. The third kappa shape index (κ3) is 3.97. The van der Waals surface area contributed by atoms with Crippen LogP contribution >= 0.6 is 0 Å². The first kappa shape index (κ1) is 15.8. The van der Waals surface area contributed by atoms with Crippen molar-refractivity contribution in [1.82, 2.24) is 0 Å². The van der Waals surface area contributed by atoms with Gasteiger partial charge in [0.2, 0.25) is 0 Å². The normalized spacial score (nSPS) is 17.6. The summed E-state index contributed by atoms with van der Waals surface area (Å²) in [6.07, 6.45) is 5.13. The summed E-state index contributed by atoms with van der Waals surface area (Å²) in [5.41, 5.74) is 7.90. The number of fused-ring (bicyclic) bond motifs is 1. The molecule has 1 aliphatic heterocycles. The molecule has 1 aromatic rings. The highest BCUT2D eigenvalue weighted by molar-refractivity contribution is 5.79. The van der Waals surface area contributed by atoms with Gasteiger partial charge in [-0.15, -0.1) is 0 Å². The molecule has 1 heterocycles. The van der Waals surface area contributed by atoms with Gasteiger partial charge in [-0.3, -0.25) is 4.79 Å². The summed E-state index contributed by atoms with van der Waals surface area (Å²) in [6, 6.07) is 8.62. The SMILES string of the molecule is COC(=O)C(C)(N)CCCN1CCCCc2ccccc21. The molecule has 0 saturated heterocycles. The van der Waals surface area contributed by atoms with Crippen molar-refractivity contribution in [3.05, 3.63) is 29.8 Å². The Bertz CT molecular complexity index is 485. The van der Waals surface area contributed by atoms with E-state index < -0.39 is 5.54 Å². The number of hydrogen-bond donors (Lipinski definition) is 1. The van der Waals surface area contributed by atoms with Gasteiger partial charge in [-0.05, 0) is 50.7 Å². The van der Waals surface area contributed by atoms with Crippen LogP contribution in [0.2, 0.25) is 0 Å². The molecule has 116 valence electrons. The maximum absolute atomic E-state index is 11.6. The smallest absolute Gasteiger partial charge is 0.325 e. The van der Waals surface area contributed by atoms with Crippen molar-refractivity contribution in [3.8, 4) is 0 Å². The van der Waals surface area contributed by atoms with Crippen molar-refractivity contribution in [3.63, 3.8) is 0 Å². The second-order valence-corrected chi connectivity index (χ2v) is 6.09. The zero-order valence-corrected chi connectivity index (χ0v) is 13.1. The van der Waals surface area contributed by atoms with Crippen molar-refractivity contribution in [1.29, 1.82) is 0 Å². The Morgan fingerprint density at radius 1 is 1.38 bits per heavy atom. The van der Waals surface area contributed by atoms with Crippen molar-refractivity contribution >= 4 is 11.7 Å². The summed E-state index contributed by atoms with van der Waals surface area (Å²) in [7, 11) is 1.39. The van der Waals surface area contributed by atoms with Gasteiger partial charge in [-0.1, -0.05) is 18.2 Å². The third-order valence-corrected chi connectivity index (χ3v) is 4.23. The van der Waals surface area contributed by atoms with Gasteiger partial charge in [0.25, 0.3) is 0 Å². The Morgan fingerprint density at radius 3 is 2.90 bits per heavy atom. The fraction of sp³-hybridized carbons (Fsp3) is 0.588. The molecule has 1 aromatic carbocycles. The van der Waals surface area contributed by atoms with E-state index in [1.165, 1.54) is 31.2 Å². The van der Waals surface area contributed by atoms with E-state index >= 15 is 0 Å². The van der Waals surface area contributed by atoms with Crippen molar-refractivity contribution in [2.24, 2.45) is 5.73 Å². The molecule has 1 aliphatic rings. The van der Waals surface area contributed by atoms with Crippen LogP contribution in [0.1, 0.15) is 38.2 Å². The van der Waals surface area contributed by atoms with Gasteiger partial charge in [0.05, 0.1) is 7.11 Å². The highest BCUT2D eigenvalue weighted by atomic mass is 16.5. The Labute approximate surface area is 127 Å². The Kier molecular flexibility index (Phi) is 5.23. The predicted octanol–water partition coefficient (Wildman–Crippen LogP) is 2.50. The number of methoxy groups -OCH3 is 1. The van der Waals surface area contributed by atoms with Gasteiger partial charge in [0.15, 0.2) is 0 Å². The molecule has 21 heavy (non-hydrogen) atoms. The maximum atomic E-state index is 11.6. The van der Waals surface area contributed by atoms with E-state index in [1.54, 1.807) is 6.92 Å². The van der Waals surface area contributed by atoms with Crippen LogP contribution in [0.25, 0.3) is 0 Å².